The van der Waals surface area contributed by atoms with Crippen LogP contribution in [0.25, 0.3) is 0 Å². The maximum atomic E-state index is 5.66. The van der Waals surface area contributed by atoms with Crippen molar-refractivity contribution >= 4 is 5.96 Å². The van der Waals surface area contributed by atoms with Crippen molar-refractivity contribution in [3.05, 3.63) is 24.2 Å². The molecule has 6 nitrogen and oxygen atoms in total. The zero-order chi connectivity index (χ0) is 15.7. The Morgan fingerprint density at radius 1 is 1.13 bits per heavy atom. The summed E-state index contributed by atoms with van der Waals surface area (Å²) in [4.78, 5) is 4.67. The Labute approximate surface area is 137 Å². The van der Waals surface area contributed by atoms with Crippen LogP contribution in [0.1, 0.15) is 31.4 Å². The molecule has 2 atom stereocenters. The number of nitrogens with one attached hydrogen (secondary N) is 2. The summed E-state index contributed by atoms with van der Waals surface area (Å²) in [5.74, 6) is 1.82. The Balaban J connectivity index is 1.45. The van der Waals surface area contributed by atoms with Gasteiger partial charge in [0.05, 0.1) is 25.0 Å². The number of furan rings is 1. The predicted octanol–water partition coefficient (Wildman–Crippen LogP) is 1.72. The SMILES string of the molecule is c1coc(CCNC(=NCC2CCCO2)NCC2CCCO2)c1. The fourth-order valence-corrected chi connectivity index (χ4v) is 2.93. The Hall–Kier alpha value is -1.53. The standard InChI is InChI=1S/C17H27N3O3/c1-4-14(21-9-1)7-8-18-17(19-12-15-5-2-10-22-15)20-13-16-6-3-11-23-16/h1,4,9,15-16H,2-3,5-8,10-13H2,(H2,18,19,20). The highest BCUT2D eigenvalue weighted by Gasteiger charge is 2.17. The van der Waals surface area contributed by atoms with E-state index in [1.54, 1.807) is 6.26 Å². The number of hydrogen-bond acceptors (Lipinski definition) is 4. The average Bonchev–Trinajstić information content (AvgIpc) is 3.33. The van der Waals surface area contributed by atoms with E-state index < -0.39 is 0 Å². The molecule has 6 heteroatoms. The van der Waals surface area contributed by atoms with Gasteiger partial charge < -0.3 is 24.5 Å². The highest BCUT2D eigenvalue weighted by molar-refractivity contribution is 5.79. The van der Waals surface area contributed by atoms with Crippen LogP contribution in [0.5, 0.6) is 0 Å². The minimum Gasteiger partial charge on any atom is -0.469 e. The Morgan fingerprint density at radius 3 is 2.65 bits per heavy atom. The van der Waals surface area contributed by atoms with Crippen molar-refractivity contribution in [3.63, 3.8) is 0 Å². The van der Waals surface area contributed by atoms with Crippen molar-refractivity contribution in [2.75, 3.05) is 32.8 Å². The third kappa shape index (κ3) is 5.55. The molecule has 2 aliphatic heterocycles. The maximum Gasteiger partial charge on any atom is 0.191 e. The second-order valence-electron chi connectivity index (χ2n) is 6.10. The van der Waals surface area contributed by atoms with Crippen LogP contribution in [-0.2, 0) is 15.9 Å². The van der Waals surface area contributed by atoms with Gasteiger partial charge in [-0.15, -0.1) is 0 Å². The van der Waals surface area contributed by atoms with Crippen molar-refractivity contribution in [2.45, 2.75) is 44.3 Å². The summed E-state index contributed by atoms with van der Waals surface area (Å²) in [6.45, 7) is 4.04. The lowest BCUT2D eigenvalue weighted by Crippen LogP contribution is -2.42. The zero-order valence-corrected chi connectivity index (χ0v) is 13.6. The Kier molecular flexibility index (Phi) is 6.34. The molecule has 2 saturated heterocycles. The molecule has 0 saturated carbocycles. The van der Waals surface area contributed by atoms with E-state index in [4.69, 9.17) is 13.9 Å². The van der Waals surface area contributed by atoms with Gasteiger partial charge >= 0.3 is 0 Å². The highest BCUT2D eigenvalue weighted by Crippen LogP contribution is 2.12. The van der Waals surface area contributed by atoms with E-state index in [1.807, 2.05) is 12.1 Å². The molecule has 23 heavy (non-hydrogen) atoms. The van der Waals surface area contributed by atoms with Gasteiger partial charge in [-0.2, -0.15) is 0 Å². The fraction of sp³-hybridized carbons (Fsp3) is 0.706. The molecule has 128 valence electrons. The average molecular weight is 321 g/mol. The van der Waals surface area contributed by atoms with Crippen LogP contribution in [0, 0.1) is 0 Å². The van der Waals surface area contributed by atoms with Crippen LogP contribution in [0.15, 0.2) is 27.8 Å². The zero-order valence-electron chi connectivity index (χ0n) is 13.6. The molecule has 0 spiro atoms. The summed E-state index contributed by atoms with van der Waals surface area (Å²) in [6, 6.07) is 3.90. The lowest BCUT2D eigenvalue weighted by Gasteiger charge is -2.16. The van der Waals surface area contributed by atoms with Crippen molar-refractivity contribution in [1.82, 2.24) is 10.6 Å². The lowest BCUT2D eigenvalue weighted by molar-refractivity contribution is 0.113. The van der Waals surface area contributed by atoms with E-state index in [2.05, 4.69) is 15.6 Å². The molecule has 0 amide bonds. The van der Waals surface area contributed by atoms with Crippen LogP contribution >= 0.6 is 0 Å². The second kappa shape index (κ2) is 8.93. The number of hydrogen-bond donors (Lipinski definition) is 2. The highest BCUT2D eigenvalue weighted by atomic mass is 16.5. The van der Waals surface area contributed by atoms with E-state index in [9.17, 15) is 0 Å². The van der Waals surface area contributed by atoms with E-state index in [0.717, 1.165) is 70.1 Å². The molecule has 2 fully saturated rings. The topological polar surface area (TPSA) is 68.0 Å². The number of nitrogens with zero attached hydrogens (tertiary/aromatic N) is 1. The van der Waals surface area contributed by atoms with E-state index in [0.29, 0.717) is 12.6 Å². The van der Waals surface area contributed by atoms with Crippen molar-refractivity contribution in [3.8, 4) is 0 Å². The summed E-state index contributed by atoms with van der Waals surface area (Å²) >= 11 is 0. The summed E-state index contributed by atoms with van der Waals surface area (Å²) in [7, 11) is 0. The van der Waals surface area contributed by atoms with Gasteiger partial charge in [-0.1, -0.05) is 0 Å². The summed E-state index contributed by atoms with van der Waals surface area (Å²) in [6.07, 6.45) is 7.64. The summed E-state index contributed by atoms with van der Waals surface area (Å²) < 4.78 is 16.7. The molecule has 0 bridgehead atoms. The first kappa shape index (κ1) is 16.3. The van der Waals surface area contributed by atoms with Crippen LogP contribution in [-0.4, -0.2) is 51.0 Å². The van der Waals surface area contributed by atoms with Gasteiger partial charge in [-0.05, 0) is 37.8 Å². The molecule has 1 aromatic rings. The van der Waals surface area contributed by atoms with Gasteiger partial charge in [0.2, 0.25) is 0 Å². The van der Waals surface area contributed by atoms with Crippen molar-refractivity contribution in [1.29, 1.82) is 0 Å². The third-order valence-electron chi connectivity index (χ3n) is 4.24. The van der Waals surface area contributed by atoms with Gasteiger partial charge in [-0.3, -0.25) is 4.99 Å². The molecule has 2 aliphatic rings. The van der Waals surface area contributed by atoms with Crippen LogP contribution in [0.4, 0.5) is 0 Å². The predicted molar refractivity (Wildman–Crippen MR) is 88.7 cm³/mol. The Bertz CT molecular complexity index is 463. The van der Waals surface area contributed by atoms with Crippen LogP contribution < -0.4 is 10.6 Å². The largest absolute Gasteiger partial charge is 0.469 e. The van der Waals surface area contributed by atoms with Gasteiger partial charge in [0.15, 0.2) is 5.96 Å². The van der Waals surface area contributed by atoms with Crippen LogP contribution in [0.3, 0.4) is 0 Å². The number of guanidine groups is 1. The monoisotopic (exact) mass is 321 g/mol. The number of aliphatic imine (C=N–C) groups is 1. The fourth-order valence-electron chi connectivity index (χ4n) is 2.93. The first-order valence-corrected chi connectivity index (χ1v) is 8.68. The Morgan fingerprint density at radius 2 is 1.96 bits per heavy atom. The van der Waals surface area contributed by atoms with E-state index in [1.165, 1.54) is 0 Å². The van der Waals surface area contributed by atoms with Gasteiger partial charge in [-0.25, -0.2) is 0 Å². The quantitative estimate of drug-likeness (QED) is 0.591. The molecular weight excluding hydrogens is 294 g/mol. The summed E-state index contributed by atoms with van der Waals surface area (Å²) in [5, 5.41) is 6.77. The van der Waals surface area contributed by atoms with Crippen molar-refractivity contribution < 1.29 is 13.9 Å². The second-order valence-corrected chi connectivity index (χ2v) is 6.10. The normalized spacial score (nSPS) is 25.0. The number of rotatable bonds is 7. The first-order valence-electron chi connectivity index (χ1n) is 8.68. The third-order valence-corrected chi connectivity index (χ3v) is 4.24. The number of ether oxygens (including phenoxy) is 2. The van der Waals surface area contributed by atoms with E-state index >= 15 is 0 Å². The molecule has 1 aromatic heterocycles. The lowest BCUT2D eigenvalue weighted by atomic mass is 10.2. The molecule has 0 aromatic carbocycles. The minimum absolute atomic E-state index is 0.265. The molecule has 3 heterocycles. The van der Waals surface area contributed by atoms with Crippen molar-refractivity contribution in [2.24, 2.45) is 4.99 Å². The van der Waals surface area contributed by atoms with Crippen LogP contribution in [0.2, 0.25) is 0 Å². The summed E-state index contributed by atoms with van der Waals surface area (Å²) in [5.41, 5.74) is 0. The molecule has 0 aliphatic carbocycles. The molecule has 2 unspecified atom stereocenters. The molecule has 3 rings (SSSR count). The van der Waals surface area contributed by atoms with Gasteiger partial charge in [0.1, 0.15) is 5.76 Å². The smallest absolute Gasteiger partial charge is 0.191 e. The van der Waals surface area contributed by atoms with Gasteiger partial charge in [0.25, 0.3) is 0 Å². The van der Waals surface area contributed by atoms with Gasteiger partial charge in [0, 0.05) is 32.7 Å². The first-order chi connectivity index (χ1) is 11.4. The minimum atomic E-state index is 0.265. The molecular formula is C17H27N3O3. The molecule has 2 N–H and O–H groups in total. The molecule has 0 radical (unpaired) electrons. The van der Waals surface area contributed by atoms with E-state index in [-0.39, 0.29) is 6.10 Å². The maximum absolute atomic E-state index is 5.66.